The van der Waals surface area contributed by atoms with Crippen LogP contribution in [0.25, 0.3) is 0 Å². The quantitative estimate of drug-likeness (QED) is 0.298. The Labute approximate surface area is 162 Å². The van der Waals surface area contributed by atoms with E-state index in [4.69, 9.17) is 0 Å². The van der Waals surface area contributed by atoms with Gasteiger partial charge in [0.25, 0.3) is 0 Å². The van der Waals surface area contributed by atoms with Gasteiger partial charge in [0.2, 0.25) is 5.91 Å². The van der Waals surface area contributed by atoms with E-state index in [1.54, 1.807) is 6.92 Å². The lowest BCUT2D eigenvalue weighted by atomic mass is 10.0. The lowest BCUT2D eigenvalue weighted by molar-refractivity contribution is -0.127. The number of unbranched alkanes of at least 4 members (excludes halogenated alkanes) is 12. The minimum Gasteiger partial charge on any atom is -0.346 e. The van der Waals surface area contributed by atoms with Gasteiger partial charge in [-0.05, 0) is 24.8 Å². The van der Waals surface area contributed by atoms with E-state index in [2.05, 4.69) is 30.3 Å². The van der Waals surface area contributed by atoms with Crippen molar-refractivity contribution in [3.05, 3.63) is 35.9 Å². The number of rotatable bonds is 16. The molecule has 0 fully saturated rings. The fourth-order valence-corrected chi connectivity index (χ4v) is 3.42. The second-order valence-electron chi connectivity index (χ2n) is 7.77. The largest absolute Gasteiger partial charge is 0.346 e. The number of benzene rings is 1. The summed E-state index contributed by atoms with van der Waals surface area (Å²) < 4.78 is 0. The normalized spacial score (nSPS) is 10.8. The fraction of sp³-hybridized carbons (Fsp3) is 0.708. The third kappa shape index (κ3) is 13.0. The molecule has 0 aromatic heterocycles. The van der Waals surface area contributed by atoms with E-state index in [0.717, 1.165) is 13.0 Å². The molecule has 0 radical (unpaired) electrons. The number of carbonyl (C=O) groups excluding carboxylic acids is 1. The maximum atomic E-state index is 11.1. The predicted molar refractivity (Wildman–Crippen MR) is 113 cm³/mol. The zero-order chi connectivity index (χ0) is 18.9. The molecular weight excluding hydrogens is 318 g/mol. The van der Waals surface area contributed by atoms with E-state index in [1.807, 2.05) is 11.9 Å². The predicted octanol–water partition coefficient (Wildman–Crippen LogP) is 6.78. The maximum absolute atomic E-state index is 11.1. The molecule has 1 aromatic carbocycles. The van der Waals surface area contributed by atoms with Crippen LogP contribution in [0.15, 0.2) is 30.3 Å². The number of hydrogen-bond donors (Lipinski definition) is 0. The molecule has 0 N–H and O–H groups in total. The van der Waals surface area contributed by atoms with E-state index in [9.17, 15) is 4.79 Å². The average molecular weight is 360 g/mol. The van der Waals surface area contributed by atoms with Crippen LogP contribution in [-0.2, 0) is 11.2 Å². The first-order valence-corrected chi connectivity index (χ1v) is 11.0. The van der Waals surface area contributed by atoms with Crippen molar-refractivity contribution in [1.82, 2.24) is 4.90 Å². The number of carbonyl (C=O) groups is 1. The number of hydrogen-bond acceptors (Lipinski definition) is 1. The van der Waals surface area contributed by atoms with Gasteiger partial charge in [0.15, 0.2) is 0 Å². The molecule has 2 nitrogen and oxygen atoms in total. The van der Waals surface area contributed by atoms with Gasteiger partial charge in [-0.15, -0.1) is 0 Å². The van der Waals surface area contributed by atoms with Crippen LogP contribution in [0.5, 0.6) is 0 Å². The Morgan fingerprint density at radius 1 is 0.692 bits per heavy atom. The highest BCUT2D eigenvalue weighted by molar-refractivity contribution is 5.72. The Morgan fingerprint density at radius 3 is 1.58 bits per heavy atom. The minimum absolute atomic E-state index is 0.182. The standard InChI is InChI=1S/C24H41NO/c1-23(26)25(2)22-18-13-11-9-7-5-3-4-6-8-10-12-15-19-24-20-16-14-17-21-24/h14,16-17,20-21H,3-13,15,18-19,22H2,1-2H3. The topological polar surface area (TPSA) is 20.3 Å². The van der Waals surface area contributed by atoms with E-state index in [0.29, 0.717) is 0 Å². The van der Waals surface area contributed by atoms with Crippen LogP contribution in [0, 0.1) is 0 Å². The summed E-state index contributed by atoms with van der Waals surface area (Å²) in [6.07, 6.45) is 18.9. The second-order valence-corrected chi connectivity index (χ2v) is 7.77. The Balaban J connectivity index is 1.74. The van der Waals surface area contributed by atoms with Crippen LogP contribution in [0.3, 0.4) is 0 Å². The molecule has 0 spiro atoms. The summed E-state index contributed by atoms with van der Waals surface area (Å²) >= 11 is 0. The Hall–Kier alpha value is -1.31. The molecule has 0 saturated carbocycles. The van der Waals surface area contributed by atoms with E-state index < -0.39 is 0 Å². The van der Waals surface area contributed by atoms with E-state index in [1.165, 1.54) is 89.0 Å². The lowest BCUT2D eigenvalue weighted by Crippen LogP contribution is -2.24. The summed E-state index contributed by atoms with van der Waals surface area (Å²) in [6.45, 7) is 2.56. The summed E-state index contributed by atoms with van der Waals surface area (Å²) in [4.78, 5) is 12.9. The zero-order valence-corrected chi connectivity index (χ0v) is 17.3. The average Bonchev–Trinajstić information content (AvgIpc) is 2.65. The fourth-order valence-electron chi connectivity index (χ4n) is 3.42. The number of aryl methyl sites for hydroxylation is 1. The number of amides is 1. The monoisotopic (exact) mass is 359 g/mol. The molecule has 0 aliphatic heterocycles. The van der Waals surface area contributed by atoms with Crippen LogP contribution in [0.1, 0.15) is 96.0 Å². The van der Waals surface area contributed by atoms with E-state index >= 15 is 0 Å². The second kappa shape index (κ2) is 15.9. The number of nitrogens with zero attached hydrogens (tertiary/aromatic N) is 1. The molecule has 0 heterocycles. The van der Waals surface area contributed by atoms with Crippen LogP contribution >= 0.6 is 0 Å². The van der Waals surface area contributed by atoms with Gasteiger partial charge in [-0.3, -0.25) is 4.79 Å². The van der Waals surface area contributed by atoms with Crippen molar-refractivity contribution >= 4 is 5.91 Å². The molecule has 1 rings (SSSR count). The van der Waals surface area contributed by atoms with Crippen LogP contribution in [0.4, 0.5) is 0 Å². The van der Waals surface area contributed by atoms with Crippen LogP contribution < -0.4 is 0 Å². The van der Waals surface area contributed by atoms with E-state index in [-0.39, 0.29) is 5.91 Å². The molecular formula is C24H41NO. The van der Waals surface area contributed by atoms with Gasteiger partial charge in [0.05, 0.1) is 0 Å². The van der Waals surface area contributed by atoms with Crippen molar-refractivity contribution in [2.24, 2.45) is 0 Å². The maximum Gasteiger partial charge on any atom is 0.219 e. The van der Waals surface area contributed by atoms with Crippen molar-refractivity contribution in [2.75, 3.05) is 13.6 Å². The van der Waals surface area contributed by atoms with Gasteiger partial charge < -0.3 is 4.90 Å². The third-order valence-corrected chi connectivity index (χ3v) is 5.34. The van der Waals surface area contributed by atoms with Crippen molar-refractivity contribution in [3.63, 3.8) is 0 Å². The van der Waals surface area contributed by atoms with Crippen molar-refractivity contribution in [3.8, 4) is 0 Å². The zero-order valence-electron chi connectivity index (χ0n) is 17.3. The first kappa shape index (κ1) is 22.7. The SMILES string of the molecule is CC(=O)N(C)CCCCCCCCCCCCCCCc1ccccc1. The van der Waals surface area contributed by atoms with Crippen molar-refractivity contribution in [2.45, 2.75) is 96.8 Å². The lowest BCUT2D eigenvalue weighted by Gasteiger charge is -2.13. The molecule has 1 aromatic rings. The summed E-state index contributed by atoms with van der Waals surface area (Å²) in [5.41, 5.74) is 1.48. The smallest absolute Gasteiger partial charge is 0.219 e. The first-order chi connectivity index (χ1) is 12.7. The molecule has 0 aliphatic carbocycles. The molecule has 0 unspecified atom stereocenters. The van der Waals surface area contributed by atoms with Crippen molar-refractivity contribution in [1.29, 1.82) is 0 Å². The molecule has 0 atom stereocenters. The van der Waals surface area contributed by atoms with Crippen LogP contribution in [0.2, 0.25) is 0 Å². The summed E-state index contributed by atoms with van der Waals surface area (Å²) in [5.74, 6) is 0.182. The summed E-state index contributed by atoms with van der Waals surface area (Å²) in [7, 11) is 1.89. The molecule has 0 saturated heterocycles. The van der Waals surface area contributed by atoms with Gasteiger partial charge >= 0.3 is 0 Å². The van der Waals surface area contributed by atoms with Crippen molar-refractivity contribution < 1.29 is 4.79 Å². The van der Waals surface area contributed by atoms with Crippen LogP contribution in [-0.4, -0.2) is 24.4 Å². The molecule has 148 valence electrons. The van der Waals surface area contributed by atoms with Gasteiger partial charge in [-0.2, -0.15) is 0 Å². The highest BCUT2D eigenvalue weighted by Gasteiger charge is 2.00. The first-order valence-electron chi connectivity index (χ1n) is 11.0. The molecule has 1 amide bonds. The molecule has 0 aliphatic rings. The third-order valence-electron chi connectivity index (χ3n) is 5.34. The van der Waals surface area contributed by atoms with Gasteiger partial charge in [-0.1, -0.05) is 101 Å². The molecule has 26 heavy (non-hydrogen) atoms. The highest BCUT2D eigenvalue weighted by atomic mass is 16.2. The van der Waals surface area contributed by atoms with Gasteiger partial charge in [0.1, 0.15) is 0 Å². The Morgan fingerprint density at radius 2 is 1.12 bits per heavy atom. The minimum atomic E-state index is 0.182. The Bertz CT molecular complexity index is 443. The van der Waals surface area contributed by atoms with Gasteiger partial charge in [-0.25, -0.2) is 0 Å². The summed E-state index contributed by atoms with van der Waals surface area (Å²) in [5, 5.41) is 0. The highest BCUT2D eigenvalue weighted by Crippen LogP contribution is 2.13. The Kier molecular flexibility index (Phi) is 13.9. The summed E-state index contributed by atoms with van der Waals surface area (Å²) in [6, 6.07) is 10.9. The van der Waals surface area contributed by atoms with Gasteiger partial charge in [0, 0.05) is 20.5 Å². The molecule has 0 bridgehead atoms. The molecule has 2 heteroatoms.